The van der Waals surface area contributed by atoms with Crippen molar-refractivity contribution in [2.45, 2.75) is 26.3 Å². The lowest BCUT2D eigenvalue weighted by Gasteiger charge is -2.13. The fraction of sp³-hybridized carbons (Fsp3) is 0.312. The van der Waals surface area contributed by atoms with Crippen molar-refractivity contribution in [3.05, 3.63) is 53.5 Å². The van der Waals surface area contributed by atoms with Crippen LogP contribution in [0.5, 0.6) is 0 Å². The number of anilines is 1. The summed E-state index contributed by atoms with van der Waals surface area (Å²) in [4.78, 5) is 12.2. The van der Waals surface area contributed by atoms with Gasteiger partial charge in [0.25, 0.3) is 5.91 Å². The summed E-state index contributed by atoms with van der Waals surface area (Å²) in [5.74, 6) is 0.814. The van der Waals surface area contributed by atoms with Gasteiger partial charge in [-0.2, -0.15) is 0 Å². The highest BCUT2D eigenvalue weighted by atomic mass is 16.3. The van der Waals surface area contributed by atoms with E-state index >= 15 is 0 Å². The summed E-state index contributed by atoms with van der Waals surface area (Å²) in [6.45, 7) is 3.95. The molecule has 1 atom stereocenters. The molecule has 2 aromatic rings. The number of aryl methyl sites for hydroxylation is 1. The second kappa shape index (κ2) is 6.28. The molecule has 0 aliphatic rings. The largest absolute Gasteiger partial charge is 0.469 e. The summed E-state index contributed by atoms with van der Waals surface area (Å²) in [6, 6.07) is 9.42. The van der Waals surface area contributed by atoms with Crippen LogP contribution < -0.4 is 10.6 Å². The lowest BCUT2D eigenvalue weighted by atomic mass is 10.1. The van der Waals surface area contributed by atoms with E-state index in [1.807, 2.05) is 51.2 Å². The molecular formula is C16H20N2O2. The zero-order valence-corrected chi connectivity index (χ0v) is 12.1. The van der Waals surface area contributed by atoms with Crippen molar-refractivity contribution in [3.63, 3.8) is 0 Å². The van der Waals surface area contributed by atoms with Gasteiger partial charge in [-0.1, -0.05) is 0 Å². The summed E-state index contributed by atoms with van der Waals surface area (Å²) in [6.07, 6.45) is 2.33. The zero-order chi connectivity index (χ0) is 14.5. The molecule has 0 aliphatic heterocycles. The first-order valence-electron chi connectivity index (χ1n) is 6.72. The van der Waals surface area contributed by atoms with Crippen molar-refractivity contribution in [3.8, 4) is 0 Å². The molecule has 1 aromatic carbocycles. The average Bonchev–Trinajstić information content (AvgIpc) is 2.91. The van der Waals surface area contributed by atoms with Gasteiger partial charge in [-0.15, -0.1) is 0 Å². The molecule has 0 saturated carbocycles. The maximum absolute atomic E-state index is 12.2. The summed E-state index contributed by atoms with van der Waals surface area (Å²) >= 11 is 0. The molecule has 4 heteroatoms. The number of carbonyl (C=O) groups excluding carboxylic acids is 1. The summed E-state index contributed by atoms with van der Waals surface area (Å²) in [5.41, 5.74) is 2.76. The van der Waals surface area contributed by atoms with Crippen molar-refractivity contribution in [2.75, 3.05) is 12.4 Å². The van der Waals surface area contributed by atoms with E-state index in [1.54, 1.807) is 6.26 Å². The molecule has 106 valence electrons. The fourth-order valence-corrected chi connectivity index (χ4v) is 2.17. The molecule has 0 fully saturated rings. The third kappa shape index (κ3) is 3.41. The van der Waals surface area contributed by atoms with Crippen molar-refractivity contribution in [1.82, 2.24) is 5.32 Å². The molecule has 2 rings (SSSR count). The van der Waals surface area contributed by atoms with Crippen LogP contribution in [0.2, 0.25) is 0 Å². The molecule has 0 saturated heterocycles. The van der Waals surface area contributed by atoms with Gasteiger partial charge in [0.15, 0.2) is 0 Å². The van der Waals surface area contributed by atoms with Gasteiger partial charge in [0.2, 0.25) is 0 Å². The van der Waals surface area contributed by atoms with Crippen LogP contribution in [0, 0.1) is 6.92 Å². The molecule has 1 heterocycles. The number of benzene rings is 1. The van der Waals surface area contributed by atoms with Gasteiger partial charge in [-0.25, -0.2) is 0 Å². The van der Waals surface area contributed by atoms with Crippen LogP contribution in [0.15, 0.2) is 41.0 Å². The highest BCUT2D eigenvalue weighted by Gasteiger charge is 2.12. The molecule has 0 radical (unpaired) electrons. The van der Waals surface area contributed by atoms with Crippen molar-refractivity contribution >= 4 is 11.6 Å². The second-order valence-corrected chi connectivity index (χ2v) is 4.94. The molecule has 0 aliphatic carbocycles. The molecule has 2 N–H and O–H groups in total. The minimum Gasteiger partial charge on any atom is -0.469 e. The Labute approximate surface area is 119 Å². The first kappa shape index (κ1) is 14.2. The Morgan fingerprint density at radius 2 is 2.15 bits per heavy atom. The number of hydrogen-bond donors (Lipinski definition) is 2. The predicted molar refractivity (Wildman–Crippen MR) is 80.1 cm³/mol. The Hall–Kier alpha value is -2.23. The number of nitrogens with one attached hydrogen (secondary N) is 2. The summed E-state index contributed by atoms with van der Waals surface area (Å²) in [5, 5.41) is 6.07. The summed E-state index contributed by atoms with van der Waals surface area (Å²) < 4.78 is 5.28. The first-order valence-corrected chi connectivity index (χ1v) is 6.72. The van der Waals surface area contributed by atoms with E-state index in [4.69, 9.17) is 4.42 Å². The van der Waals surface area contributed by atoms with Gasteiger partial charge in [0.1, 0.15) is 5.76 Å². The van der Waals surface area contributed by atoms with Crippen molar-refractivity contribution in [1.29, 1.82) is 0 Å². The van der Waals surface area contributed by atoms with Gasteiger partial charge >= 0.3 is 0 Å². The van der Waals surface area contributed by atoms with Crippen molar-refractivity contribution < 1.29 is 9.21 Å². The highest BCUT2D eigenvalue weighted by Crippen LogP contribution is 2.16. The SMILES string of the molecule is CNc1ccc(C(=O)NC(C)Cc2ccco2)cc1C. The minimum absolute atomic E-state index is 0.0259. The van der Waals surface area contributed by atoms with E-state index in [-0.39, 0.29) is 11.9 Å². The molecular weight excluding hydrogens is 252 g/mol. The van der Waals surface area contributed by atoms with E-state index in [0.717, 1.165) is 17.0 Å². The van der Waals surface area contributed by atoms with E-state index in [2.05, 4.69) is 10.6 Å². The second-order valence-electron chi connectivity index (χ2n) is 4.94. The normalized spacial score (nSPS) is 11.9. The fourth-order valence-electron chi connectivity index (χ4n) is 2.17. The van der Waals surface area contributed by atoms with Crippen LogP contribution in [0.3, 0.4) is 0 Å². The molecule has 4 nitrogen and oxygen atoms in total. The Morgan fingerprint density at radius 3 is 2.75 bits per heavy atom. The Bertz CT molecular complexity index is 576. The monoisotopic (exact) mass is 272 g/mol. The van der Waals surface area contributed by atoms with Gasteiger partial charge in [0, 0.05) is 30.8 Å². The van der Waals surface area contributed by atoms with Crippen LogP contribution in [0.25, 0.3) is 0 Å². The number of rotatable bonds is 5. The third-order valence-electron chi connectivity index (χ3n) is 3.22. The average molecular weight is 272 g/mol. The number of amides is 1. The van der Waals surface area contributed by atoms with Gasteiger partial charge < -0.3 is 15.1 Å². The van der Waals surface area contributed by atoms with Gasteiger partial charge in [-0.3, -0.25) is 4.79 Å². The lowest BCUT2D eigenvalue weighted by molar-refractivity contribution is 0.0939. The quantitative estimate of drug-likeness (QED) is 0.879. The number of furan rings is 1. The molecule has 1 aromatic heterocycles. The van der Waals surface area contributed by atoms with Crippen molar-refractivity contribution in [2.24, 2.45) is 0 Å². The predicted octanol–water partition coefficient (Wildman–Crippen LogP) is 2.99. The summed E-state index contributed by atoms with van der Waals surface area (Å²) in [7, 11) is 1.87. The Kier molecular flexibility index (Phi) is 4.45. The molecule has 1 unspecified atom stereocenters. The Balaban J connectivity index is 1.99. The van der Waals surface area contributed by atoms with E-state index in [0.29, 0.717) is 12.0 Å². The third-order valence-corrected chi connectivity index (χ3v) is 3.22. The number of carbonyl (C=O) groups is 1. The van der Waals surface area contributed by atoms with E-state index in [1.165, 1.54) is 0 Å². The maximum Gasteiger partial charge on any atom is 0.251 e. The molecule has 20 heavy (non-hydrogen) atoms. The zero-order valence-electron chi connectivity index (χ0n) is 12.1. The van der Waals surface area contributed by atoms with E-state index < -0.39 is 0 Å². The van der Waals surface area contributed by atoms with Crippen LogP contribution in [0.4, 0.5) is 5.69 Å². The van der Waals surface area contributed by atoms with Crippen LogP contribution >= 0.6 is 0 Å². The molecule has 0 spiro atoms. The molecule has 0 bridgehead atoms. The van der Waals surface area contributed by atoms with Gasteiger partial charge in [0.05, 0.1) is 6.26 Å². The first-order chi connectivity index (χ1) is 9.60. The van der Waals surface area contributed by atoms with Crippen LogP contribution in [-0.4, -0.2) is 19.0 Å². The van der Waals surface area contributed by atoms with Gasteiger partial charge in [-0.05, 0) is 49.7 Å². The standard InChI is InChI=1S/C16H20N2O2/c1-11-9-13(6-7-15(11)17-3)16(19)18-12(2)10-14-5-4-8-20-14/h4-9,12,17H,10H2,1-3H3,(H,18,19). The smallest absolute Gasteiger partial charge is 0.251 e. The minimum atomic E-state index is -0.0604. The highest BCUT2D eigenvalue weighted by molar-refractivity contribution is 5.95. The van der Waals surface area contributed by atoms with Crippen LogP contribution in [0.1, 0.15) is 28.6 Å². The lowest BCUT2D eigenvalue weighted by Crippen LogP contribution is -2.34. The maximum atomic E-state index is 12.2. The molecule has 1 amide bonds. The number of hydrogen-bond acceptors (Lipinski definition) is 3. The van der Waals surface area contributed by atoms with E-state index in [9.17, 15) is 4.79 Å². The van der Waals surface area contributed by atoms with Crippen LogP contribution in [-0.2, 0) is 6.42 Å². The Morgan fingerprint density at radius 1 is 1.35 bits per heavy atom. The topological polar surface area (TPSA) is 54.3 Å².